The molecule has 8 heteroatoms. The van der Waals surface area contributed by atoms with Gasteiger partial charge in [0.25, 0.3) is 0 Å². The average molecular weight is 484 g/mol. The number of amides is 2. The normalized spacial score (nSPS) is 15.1. The number of anilines is 1. The van der Waals surface area contributed by atoms with E-state index in [2.05, 4.69) is 26.1 Å². The van der Waals surface area contributed by atoms with E-state index in [9.17, 15) is 18.0 Å². The standard InChI is InChI=1S/C22H25BrF3N3O/c23-19-8-10-20(11-9-19)27-21(30)29(15-14-28-12-2-1-3-13-28)16-17-4-6-18(7-5-17)22(24,25)26/h4-11H,1-3,12-16H2,(H,27,30). The van der Waals surface area contributed by atoms with Crippen LogP contribution in [0.3, 0.4) is 0 Å². The fourth-order valence-electron chi connectivity index (χ4n) is 3.45. The van der Waals surface area contributed by atoms with Gasteiger partial charge in [0.1, 0.15) is 0 Å². The summed E-state index contributed by atoms with van der Waals surface area (Å²) in [5.41, 5.74) is 0.636. The van der Waals surface area contributed by atoms with Crippen LogP contribution in [-0.4, -0.2) is 42.0 Å². The van der Waals surface area contributed by atoms with E-state index in [1.165, 1.54) is 18.6 Å². The molecule has 1 saturated heterocycles. The zero-order valence-electron chi connectivity index (χ0n) is 16.6. The minimum atomic E-state index is -4.37. The Hall–Kier alpha value is -2.06. The Bertz CT molecular complexity index is 819. The number of benzene rings is 2. The minimum Gasteiger partial charge on any atom is -0.319 e. The topological polar surface area (TPSA) is 35.6 Å². The maximum atomic E-state index is 12.9. The van der Waals surface area contributed by atoms with E-state index in [1.54, 1.807) is 17.0 Å². The molecule has 1 aliphatic rings. The van der Waals surface area contributed by atoms with Gasteiger partial charge in [-0.2, -0.15) is 13.2 Å². The number of carbonyl (C=O) groups is 1. The lowest BCUT2D eigenvalue weighted by atomic mass is 10.1. The molecule has 30 heavy (non-hydrogen) atoms. The van der Waals surface area contributed by atoms with Gasteiger partial charge in [0.2, 0.25) is 0 Å². The molecule has 0 bridgehead atoms. The summed E-state index contributed by atoms with van der Waals surface area (Å²) in [4.78, 5) is 16.9. The fraction of sp³-hybridized carbons (Fsp3) is 0.409. The zero-order valence-corrected chi connectivity index (χ0v) is 18.2. The molecule has 0 spiro atoms. The molecule has 1 N–H and O–H groups in total. The Morgan fingerprint density at radius 2 is 1.63 bits per heavy atom. The van der Waals surface area contributed by atoms with Gasteiger partial charge >= 0.3 is 12.2 Å². The van der Waals surface area contributed by atoms with Crippen molar-refractivity contribution >= 4 is 27.6 Å². The van der Waals surface area contributed by atoms with Crippen LogP contribution < -0.4 is 5.32 Å². The highest BCUT2D eigenvalue weighted by molar-refractivity contribution is 9.10. The second-order valence-corrected chi connectivity index (χ2v) is 8.37. The summed E-state index contributed by atoms with van der Waals surface area (Å²) in [6.45, 7) is 3.52. The number of halogens is 4. The van der Waals surface area contributed by atoms with E-state index in [1.807, 2.05) is 12.1 Å². The molecule has 0 aromatic heterocycles. The molecule has 2 aromatic carbocycles. The molecule has 0 radical (unpaired) electrons. The molecule has 1 heterocycles. The summed E-state index contributed by atoms with van der Waals surface area (Å²) in [7, 11) is 0. The zero-order chi connectivity index (χ0) is 21.6. The second-order valence-electron chi connectivity index (χ2n) is 7.46. The van der Waals surface area contributed by atoms with Crippen LogP contribution >= 0.6 is 15.9 Å². The number of hydrogen-bond donors (Lipinski definition) is 1. The largest absolute Gasteiger partial charge is 0.416 e. The Balaban J connectivity index is 1.68. The quantitative estimate of drug-likeness (QED) is 0.547. The van der Waals surface area contributed by atoms with E-state index >= 15 is 0 Å². The molecule has 0 atom stereocenters. The number of nitrogens with zero attached hydrogens (tertiary/aromatic N) is 2. The van der Waals surface area contributed by atoms with Crippen LogP contribution in [0.1, 0.15) is 30.4 Å². The number of piperidine rings is 1. The van der Waals surface area contributed by atoms with Crippen molar-refractivity contribution in [2.75, 3.05) is 31.5 Å². The second kappa shape index (κ2) is 10.3. The molecule has 4 nitrogen and oxygen atoms in total. The van der Waals surface area contributed by atoms with Gasteiger partial charge in [-0.15, -0.1) is 0 Å². The highest BCUT2D eigenvalue weighted by Crippen LogP contribution is 2.29. The first-order valence-corrected chi connectivity index (χ1v) is 10.8. The predicted octanol–water partition coefficient (Wildman–Crippen LogP) is 5.99. The fourth-order valence-corrected chi connectivity index (χ4v) is 3.72. The summed E-state index contributed by atoms with van der Waals surface area (Å²) < 4.78 is 39.4. The lowest BCUT2D eigenvalue weighted by Crippen LogP contribution is -2.41. The third-order valence-electron chi connectivity index (χ3n) is 5.17. The van der Waals surface area contributed by atoms with Crippen LogP contribution in [0, 0.1) is 0 Å². The van der Waals surface area contributed by atoms with E-state index in [4.69, 9.17) is 0 Å². The maximum absolute atomic E-state index is 12.9. The Labute approximate surface area is 183 Å². The van der Waals surface area contributed by atoms with Crippen molar-refractivity contribution in [3.63, 3.8) is 0 Å². The van der Waals surface area contributed by atoms with Gasteiger partial charge in [-0.1, -0.05) is 34.5 Å². The first kappa shape index (κ1) is 22.6. The van der Waals surface area contributed by atoms with Crippen LogP contribution in [0.4, 0.5) is 23.7 Å². The molecule has 2 amide bonds. The molecular formula is C22H25BrF3N3O. The van der Waals surface area contributed by atoms with E-state index in [0.29, 0.717) is 17.8 Å². The van der Waals surface area contributed by atoms with Gasteiger partial charge in [-0.05, 0) is 67.9 Å². The number of urea groups is 1. The van der Waals surface area contributed by atoms with Crippen molar-refractivity contribution in [1.82, 2.24) is 9.80 Å². The third-order valence-corrected chi connectivity index (χ3v) is 5.70. The Morgan fingerprint density at radius 3 is 2.23 bits per heavy atom. The van der Waals surface area contributed by atoms with Crippen molar-refractivity contribution in [1.29, 1.82) is 0 Å². The van der Waals surface area contributed by atoms with Crippen molar-refractivity contribution < 1.29 is 18.0 Å². The lowest BCUT2D eigenvalue weighted by Gasteiger charge is -2.30. The van der Waals surface area contributed by atoms with Gasteiger partial charge in [-0.3, -0.25) is 0 Å². The van der Waals surface area contributed by atoms with E-state index in [0.717, 1.165) is 49.1 Å². The Morgan fingerprint density at radius 1 is 1.00 bits per heavy atom. The summed E-state index contributed by atoms with van der Waals surface area (Å²) in [5.74, 6) is 0. The van der Waals surface area contributed by atoms with Gasteiger partial charge in [0.15, 0.2) is 0 Å². The van der Waals surface area contributed by atoms with Gasteiger partial charge in [0, 0.05) is 29.8 Å². The van der Waals surface area contributed by atoms with Crippen LogP contribution in [0.2, 0.25) is 0 Å². The highest BCUT2D eigenvalue weighted by Gasteiger charge is 2.30. The summed E-state index contributed by atoms with van der Waals surface area (Å²) >= 11 is 3.36. The van der Waals surface area contributed by atoms with Crippen molar-refractivity contribution in [3.8, 4) is 0 Å². The molecule has 1 fully saturated rings. The SMILES string of the molecule is O=C(Nc1ccc(Br)cc1)N(CCN1CCCCC1)Cc1ccc(C(F)(F)F)cc1. The van der Waals surface area contributed by atoms with Gasteiger partial charge in [0.05, 0.1) is 5.56 Å². The van der Waals surface area contributed by atoms with E-state index < -0.39 is 11.7 Å². The molecule has 0 saturated carbocycles. The average Bonchev–Trinajstić information content (AvgIpc) is 2.73. The number of likely N-dealkylation sites (tertiary alicyclic amines) is 1. The van der Waals surface area contributed by atoms with Crippen LogP contribution in [0.25, 0.3) is 0 Å². The Kier molecular flexibility index (Phi) is 7.77. The molecule has 0 unspecified atom stereocenters. The van der Waals surface area contributed by atoms with Crippen molar-refractivity contribution in [3.05, 3.63) is 64.1 Å². The number of hydrogen-bond acceptors (Lipinski definition) is 2. The van der Waals surface area contributed by atoms with Crippen LogP contribution in [0.15, 0.2) is 53.0 Å². The molecule has 162 valence electrons. The van der Waals surface area contributed by atoms with Crippen LogP contribution in [0.5, 0.6) is 0 Å². The van der Waals surface area contributed by atoms with Gasteiger partial charge < -0.3 is 15.1 Å². The predicted molar refractivity (Wildman–Crippen MR) is 115 cm³/mol. The van der Waals surface area contributed by atoms with Crippen LogP contribution in [-0.2, 0) is 12.7 Å². The summed E-state index contributed by atoms with van der Waals surface area (Å²) in [6, 6.07) is 12.0. The molecule has 2 aromatic rings. The summed E-state index contributed by atoms with van der Waals surface area (Å²) in [6.07, 6.45) is -0.824. The van der Waals surface area contributed by atoms with Crippen molar-refractivity contribution in [2.24, 2.45) is 0 Å². The maximum Gasteiger partial charge on any atom is 0.416 e. The minimum absolute atomic E-state index is 0.244. The smallest absolute Gasteiger partial charge is 0.319 e. The van der Waals surface area contributed by atoms with Gasteiger partial charge in [-0.25, -0.2) is 4.79 Å². The van der Waals surface area contributed by atoms with E-state index in [-0.39, 0.29) is 12.6 Å². The number of rotatable bonds is 6. The number of nitrogens with one attached hydrogen (secondary N) is 1. The third kappa shape index (κ3) is 6.74. The lowest BCUT2D eigenvalue weighted by molar-refractivity contribution is -0.137. The summed E-state index contributed by atoms with van der Waals surface area (Å²) in [5, 5.41) is 2.88. The number of carbonyl (C=O) groups excluding carboxylic acids is 1. The molecule has 0 aliphatic carbocycles. The van der Waals surface area contributed by atoms with Crippen molar-refractivity contribution in [2.45, 2.75) is 32.0 Å². The molecular weight excluding hydrogens is 459 g/mol. The highest BCUT2D eigenvalue weighted by atomic mass is 79.9. The first-order chi connectivity index (χ1) is 14.3. The number of alkyl halides is 3. The molecule has 3 rings (SSSR count). The molecule has 1 aliphatic heterocycles. The monoisotopic (exact) mass is 483 g/mol. The first-order valence-electron chi connectivity index (χ1n) is 10.0.